The molecule has 0 radical (unpaired) electrons. The van der Waals surface area contributed by atoms with Crippen LogP contribution in [-0.4, -0.2) is 54.8 Å². The van der Waals surface area contributed by atoms with Gasteiger partial charge in [-0.05, 0) is 37.4 Å². The highest BCUT2D eigenvalue weighted by Gasteiger charge is 2.36. The predicted octanol–water partition coefficient (Wildman–Crippen LogP) is 3.12. The summed E-state index contributed by atoms with van der Waals surface area (Å²) in [6.07, 6.45) is 1.91. The van der Waals surface area contributed by atoms with E-state index in [1.165, 1.54) is 4.90 Å². The van der Waals surface area contributed by atoms with Crippen LogP contribution in [0.4, 0.5) is 5.69 Å². The molecule has 5 nitrogen and oxygen atoms in total. The molecule has 0 spiro atoms. The fourth-order valence-corrected chi connectivity index (χ4v) is 3.56. The quantitative estimate of drug-likeness (QED) is 0.592. The van der Waals surface area contributed by atoms with Crippen molar-refractivity contribution in [3.8, 4) is 0 Å². The molecule has 0 unspecified atom stereocenters. The lowest BCUT2D eigenvalue weighted by Gasteiger charge is -2.34. The van der Waals surface area contributed by atoms with Crippen molar-refractivity contribution in [1.29, 1.82) is 0 Å². The van der Waals surface area contributed by atoms with Crippen molar-refractivity contribution in [2.45, 2.75) is 0 Å². The topological polar surface area (TPSA) is 43.9 Å². The van der Waals surface area contributed by atoms with Gasteiger partial charge in [-0.15, -0.1) is 0 Å². The lowest BCUT2D eigenvalue weighted by atomic mass is 9.93. The Hall–Kier alpha value is -2.63. The maximum atomic E-state index is 13.3. The molecule has 0 bridgehead atoms. The van der Waals surface area contributed by atoms with Gasteiger partial charge in [0, 0.05) is 48.5 Å². The summed E-state index contributed by atoms with van der Waals surface area (Å²) in [6, 6.07) is 14.0. The molecule has 1 saturated heterocycles. The van der Waals surface area contributed by atoms with E-state index in [0.29, 0.717) is 27.4 Å². The lowest BCUT2D eigenvalue weighted by Crippen LogP contribution is -2.44. The second kappa shape index (κ2) is 7.18. The van der Waals surface area contributed by atoms with Crippen molar-refractivity contribution in [2.75, 3.05) is 38.1 Å². The van der Waals surface area contributed by atoms with Crippen LogP contribution >= 0.6 is 11.6 Å². The number of fused-ring (bicyclic) bond motifs is 1. The summed E-state index contributed by atoms with van der Waals surface area (Å²) in [6.45, 7) is 3.59. The number of halogens is 1. The fourth-order valence-electron chi connectivity index (χ4n) is 3.44. The van der Waals surface area contributed by atoms with Crippen LogP contribution < -0.4 is 4.90 Å². The van der Waals surface area contributed by atoms with Gasteiger partial charge in [-0.1, -0.05) is 29.8 Å². The van der Waals surface area contributed by atoms with Crippen LogP contribution in [0.3, 0.4) is 0 Å². The fraction of sp³-hybridized carbons (Fsp3) is 0.238. The first-order chi connectivity index (χ1) is 13.0. The highest BCUT2D eigenvalue weighted by molar-refractivity contribution is 6.41. The van der Waals surface area contributed by atoms with E-state index in [-0.39, 0.29) is 11.8 Å². The van der Waals surface area contributed by atoms with Crippen LogP contribution in [0.25, 0.3) is 5.57 Å². The molecule has 0 N–H and O–H groups in total. The Morgan fingerprint density at radius 3 is 2.15 bits per heavy atom. The van der Waals surface area contributed by atoms with Gasteiger partial charge in [0.25, 0.3) is 11.8 Å². The van der Waals surface area contributed by atoms with Crippen molar-refractivity contribution in [2.24, 2.45) is 0 Å². The first-order valence-corrected chi connectivity index (χ1v) is 9.30. The number of amides is 2. The molecule has 0 aliphatic carbocycles. The second-order valence-corrected chi connectivity index (χ2v) is 7.29. The maximum absolute atomic E-state index is 13.3. The van der Waals surface area contributed by atoms with Crippen LogP contribution in [0, 0.1) is 0 Å². The first kappa shape index (κ1) is 17.8. The zero-order valence-corrected chi connectivity index (χ0v) is 15.8. The minimum Gasteiger partial charge on any atom is -0.374 e. The van der Waals surface area contributed by atoms with Gasteiger partial charge in [0.05, 0.1) is 11.3 Å². The van der Waals surface area contributed by atoms with Crippen molar-refractivity contribution < 1.29 is 9.59 Å². The molecule has 0 aromatic heterocycles. The molecule has 2 amide bonds. The summed E-state index contributed by atoms with van der Waals surface area (Å²) >= 11 is 5.96. The largest absolute Gasteiger partial charge is 0.374 e. The van der Waals surface area contributed by atoms with Crippen molar-refractivity contribution in [3.05, 3.63) is 70.9 Å². The van der Waals surface area contributed by atoms with Gasteiger partial charge in [0.15, 0.2) is 0 Å². The standard InChI is InChI=1S/C21H20ClN3O2/c1-23-10-12-24(13-11-23)14-19-17-4-2-3-5-18(17)20(26)25(21(19)27)16-8-6-15(22)7-9-16/h2-9,14H,10-13H2,1H3. The molecule has 2 aliphatic rings. The lowest BCUT2D eigenvalue weighted by molar-refractivity contribution is -0.112. The Morgan fingerprint density at radius 2 is 1.48 bits per heavy atom. The Labute approximate surface area is 163 Å². The summed E-state index contributed by atoms with van der Waals surface area (Å²) in [4.78, 5) is 32.0. The Kier molecular flexibility index (Phi) is 4.72. The number of likely N-dealkylation sites (N-methyl/N-ethyl adjacent to an activating group) is 1. The summed E-state index contributed by atoms with van der Waals surface area (Å²) in [5.74, 6) is -0.617. The van der Waals surface area contributed by atoms with E-state index in [4.69, 9.17) is 11.6 Å². The van der Waals surface area contributed by atoms with Crippen LogP contribution in [0.1, 0.15) is 15.9 Å². The van der Waals surface area contributed by atoms with Crippen LogP contribution in [0.2, 0.25) is 5.02 Å². The van der Waals surface area contributed by atoms with Crippen molar-refractivity contribution in [1.82, 2.24) is 9.80 Å². The Morgan fingerprint density at radius 1 is 0.852 bits per heavy atom. The molecule has 2 aliphatic heterocycles. The average molecular weight is 382 g/mol. The van der Waals surface area contributed by atoms with Crippen LogP contribution in [0.5, 0.6) is 0 Å². The number of nitrogens with zero attached hydrogens (tertiary/aromatic N) is 3. The van der Waals surface area contributed by atoms with Crippen molar-refractivity contribution >= 4 is 34.7 Å². The zero-order chi connectivity index (χ0) is 19.0. The van der Waals surface area contributed by atoms with Gasteiger partial charge in [0.2, 0.25) is 0 Å². The number of anilines is 1. The molecule has 0 saturated carbocycles. The van der Waals surface area contributed by atoms with E-state index in [1.54, 1.807) is 30.3 Å². The molecule has 138 valence electrons. The molecule has 6 heteroatoms. The summed E-state index contributed by atoms with van der Waals surface area (Å²) in [5, 5.41) is 0.559. The molecule has 1 fully saturated rings. The summed E-state index contributed by atoms with van der Waals surface area (Å²) in [5.41, 5.74) is 2.29. The molecule has 0 atom stereocenters. The van der Waals surface area contributed by atoms with E-state index in [9.17, 15) is 9.59 Å². The third kappa shape index (κ3) is 3.36. The normalized spacial score (nSPS) is 19.6. The first-order valence-electron chi connectivity index (χ1n) is 8.93. The number of carbonyl (C=O) groups excluding carboxylic acids is 2. The van der Waals surface area contributed by atoms with Crippen molar-refractivity contribution in [3.63, 3.8) is 0 Å². The van der Waals surface area contributed by atoms with E-state index >= 15 is 0 Å². The van der Waals surface area contributed by atoms with Gasteiger partial charge in [0.1, 0.15) is 0 Å². The van der Waals surface area contributed by atoms with E-state index in [2.05, 4.69) is 16.8 Å². The van der Waals surface area contributed by atoms with Gasteiger partial charge in [-0.25, -0.2) is 4.90 Å². The number of hydrogen-bond acceptors (Lipinski definition) is 4. The number of piperazine rings is 1. The maximum Gasteiger partial charge on any atom is 0.267 e. The second-order valence-electron chi connectivity index (χ2n) is 6.85. The van der Waals surface area contributed by atoms with E-state index in [0.717, 1.165) is 26.2 Å². The minimum absolute atomic E-state index is 0.306. The van der Waals surface area contributed by atoms with E-state index < -0.39 is 0 Å². The number of carbonyl (C=O) groups is 2. The molecule has 4 rings (SSSR count). The third-order valence-corrected chi connectivity index (χ3v) is 5.27. The molecule has 2 aromatic carbocycles. The van der Waals surface area contributed by atoms with E-state index in [1.807, 2.05) is 24.4 Å². The molecular formula is C21H20ClN3O2. The molecule has 2 heterocycles. The van der Waals surface area contributed by atoms with Gasteiger partial charge in [-0.2, -0.15) is 0 Å². The SMILES string of the molecule is CN1CCN(C=C2C(=O)N(c3ccc(Cl)cc3)C(=O)c3ccccc32)CC1. The van der Waals surface area contributed by atoms with Gasteiger partial charge >= 0.3 is 0 Å². The molecule has 2 aromatic rings. The van der Waals surface area contributed by atoms with Crippen LogP contribution in [0.15, 0.2) is 54.7 Å². The zero-order valence-electron chi connectivity index (χ0n) is 15.1. The molecule has 27 heavy (non-hydrogen) atoms. The highest BCUT2D eigenvalue weighted by atomic mass is 35.5. The monoisotopic (exact) mass is 381 g/mol. The third-order valence-electron chi connectivity index (χ3n) is 5.02. The number of hydrogen-bond donors (Lipinski definition) is 0. The number of benzene rings is 2. The number of rotatable bonds is 2. The highest BCUT2D eigenvalue weighted by Crippen LogP contribution is 2.33. The predicted molar refractivity (Wildman–Crippen MR) is 107 cm³/mol. The van der Waals surface area contributed by atoms with Crippen LogP contribution in [-0.2, 0) is 4.79 Å². The smallest absolute Gasteiger partial charge is 0.267 e. The Bertz CT molecular complexity index is 915. The van der Waals surface area contributed by atoms with Gasteiger partial charge < -0.3 is 9.80 Å². The summed E-state index contributed by atoms with van der Waals surface area (Å²) < 4.78 is 0. The average Bonchev–Trinajstić information content (AvgIpc) is 2.68. The number of imide groups is 1. The van der Waals surface area contributed by atoms with Gasteiger partial charge in [-0.3, -0.25) is 9.59 Å². The molecular weight excluding hydrogens is 362 g/mol. The summed E-state index contributed by atoms with van der Waals surface area (Å²) in [7, 11) is 2.09. The Balaban J connectivity index is 1.78. The minimum atomic E-state index is -0.312.